The lowest BCUT2D eigenvalue weighted by Crippen LogP contribution is -2.27. The van der Waals surface area contributed by atoms with Gasteiger partial charge in [0.25, 0.3) is 0 Å². The Morgan fingerprint density at radius 2 is 2.32 bits per heavy atom. The van der Waals surface area contributed by atoms with E-state index in [2.05, 4.69) is 20.3 Å². The van der Waals surface area contributed by atoms with Gasteiger partial charge in [-0.25, -0.2) is 18.4 Å². The molecule has 6 nitrogen and oxygen atoms in total. The molecule has 2 aromatic heterocycles. The summed E-state index contributed by atoms with van der Waals surface area (Å²) in [7, 11) is -2.84. The molecule has 7 heteroatoms. The lowest BCUT2D eigenvalue weighted by molar-refractivity contribution is 0.519. The van der Waals surface area contributed by atoms with Gasteiger partial charge in [0.2, 0.25) is 0 Å². The molecule has 2 atom stereocenters. The van der Waals surface area contributed by atoms with Crippen molar-refractivity contribution in [1.82, 2.24) is 15.0 Å². The van der Waals surface area contributed by atoms with Gasteiger partial charge in [-0.05, 0) is 25.3 Å². The second-order valence-corrected chi connectivity index (χ2v) is 7.29. The Morgan fingerprint density at radius 1 is 1.47 bits per heavy atom. The smallest absolute Gasteiger partial charge is 0.150 e. The zero-order valence-electron chi connectivity index (χ0n) is 10.6. The first-order chi connectivity index (χ1) is 9.05. The van der Waals surface area contributed by atoms with Gasteiger partial charge >= 0.3 is 0 Å². The highest BCUT2D eigenvalue weighted by Crippen LogP contribution is 2.25. The van der Waals surface area contributed by atoms with Crippen molar-refractivity contribution >= 4 is 26.7 Å². The summed E-state index contributed by atoms with van der Waals surface area (Å²) >= 11 is 0. The summed E-state index contributed by atoms with van der Waals surface area (Å²) in [4.78, 5) is 11.4. The quantitative estimate of drug-likeness (QED) is 0.882. The molecule has 1 aliphatic rings. The minimum absolute atomic E-state index is 0.0743. The van der Waals surface area contributed by atoms with Gasteiger partial charge in [0.1, 0.15) is 17.8 Å². The van der Waals surface area contributed by atoms with Crippen LogP contribution >= 0.6 is 0 Å². The highest BCUT2D eigenvalue weighted by molar-refractivity contribution is 7.91. The predicted octanol–water partition coefficient (Wildman–Crippen LogP) is 1.19. The van der Waals surface area contributed by atoms with Gasteiger partial charge in [0, 0.05) is 12.2 Å². The Labute approximate surface area is 111 Å². The summed E-state index contributed by atoms with van der Waals surface area (Å²) in [6, 6.07) is 1.99. The second kappa shape index (κ2) is 4.48. The minimum atomic E-state index is -2.84. The maximum atomic E-state index is 11.5. The SMILES string of the molecule is C[C@@H](Nc1ncnc2[nH]ccc12)[C@@H]1CCS(=O)(=O)C1. The van der Waals surface area contributed by atoms with E-state index in [-0.39, 0.29) is 17.7 Å². The number of hydrogen-bond donors (Lipinski definition) is 2. The number of hydrogen-bond acceptors (Lipinski definition) is 5. The summed E-state index contributed by atoms with van der Waals surface area (Å²) < 4.78 is 23.0. The van der Waals surface area contributed by atoms with Crippen molar-refractivity contribution in [3.63, 3.8) is 0 Å². The number of nitrogens with one attached hydrogen (secondary N) is 2. The van der Waals surface area contributed by atoms with E-state index in [1.165, 1.54) is 6.33 Å². The van der Waals surface area contributed by atoms with Gasteiger partial charge in [0.05, 0.1) is 16.9 Å². The van der Waals surface area contributed by atoms with Crippen LogP contribution in [-0.4, -0.2) is 40.9 Å². The van der Waals surface area contributed by atoms with Gasteiger partial charge in [-0.2, -0.15) is 0 Å². The van der Waals surface area contributed by atoms with Crippen molar-refractivity contribution in [3.05, 3.63) is 18.6 Å². The molecule has 0 saturated carbocycles. The summed E-state index contributed by atoms with van der Waals surface area (Å²) in [5, 5.41) is 4.24. The van der Waals surface area contributed by atoms with Gasteiger partial charge in [0.15, 0.2) is 9.84 Å². The first kappa shape index (κ1) is 12.4. The van der Waals surface area contributed by atoms with Crippen LogP contribution in [-0.2, 0) is 9.84 Å². The van der Waals surface area contributed by atoms with Crippen LogP contribution in [0.2, 0.25) is 0 Å². The Hall–Kier alpha value is -1.63. The molecule has 1 saturated heterocycles. The molecular formula is C12H16N4O2S. The normalized spacial score (nSPS) is 23.5. The summed E-state index contributed by atoms with van der Waals surface area (Å²) in [5.74, 6) is 1.47. The highest BCUT2D eigenvalue weighted by atomic mass is 32.2. The molecule has 0 aliphatic carbocycles. The molecule has 0 amide bonds. The second-order valence-electron chi connectivity index (χ2n) is 5.06. The van der Waals surface area contributed by atoms with Gasteiger partial charge < -0.3 is 10.3 Å². The number of fused-ring (bicyclic) bond motifs is 1. The van der Waals surface area contributed by atoms with E-state index < -0.39 is 9.84 Å². The molecule has 3 rings (SSSR count). The largest absolute Gasteiger partial charge is 0.367 e. The molecule has 1 fully saturated rings. The third kappa shape index (κ3) is 2.42. The van der Waals surface area contributed by atoms with Crippen LogP contribution in [0.3, 0.4) is 0 Å². The van der Waals surface area contributed by atoms with Crippen LogP contribution in [0.1, 0.15) is 13.3 Å². The zero-order chi connectivity index (χ0) is 13.5. The molecule has 3 heterocycles. The van der Waals surface area contributed by atoms with Crippen LogP contribution in [0.25, 0.3) is 11.0 Å². The lowest BCUT2D eigenvalue weighted by atomic mass is 10.0. The standard InChI is InChI=1S/C12H16N4O2S/c1-8(9-3-5-19(17,18)6-9)16-12-10-2-4-13-11(10)14-7-15-12/h2,4,7-9H,3,5-6H2,1H3,(H2,13,14,15,16)/t8-,9-/m1/s1. The maximum Gasteiger partial charge on any atom is 0.150 e. The third-order valence-electron chi connectivity index (χ3n) is 3.69. The molecule has 2 aromatic rings. The molecule has 0 bridgehead atoms. The van der Waals surface area contributed by atoms with E-state index >= 15 is 0 Å². The van der Waals surface area contributed by atoms with Crippen LogP contribution in [0, 0.1) is 5.92 Å². The van der Waals surface area contributed by atoms with E-state index in [1.54, 1.807) is 0 Å². The Balaban J connectivity index is 1.80. The monoisotopic (exact) mass is 280 g/mol. The van der Waals surface area contributed by atoms with Gasteiger partial charge in [-0.15, -0.1) is 0 Å². The predicted molar refractivity (Wildman–Crippen MR) is 73.7 cm³/mol. The van der Waals surface area contributed by atoms with E-state index in [1.807, 2.05) is 19.2 Å². The van der Waals surface area contributed by atoms with Crippen molar-refractivity contribution in [1.29, 1.82) is 0 Å². The van der Waals surface area contributed by atoms with Crippen molar-refractivity contribution in [2.75, 3.05) is 16.8 Å². The zero-order valence-corrected chi connectivity index (χ0v) is 11.4. The van der Waals surface area contributed by atoms with Crippen molar-refractivity contribution in [2.45, 2.75) is 19.4 Å². The van der Waals surface area contributed by atoms with E-state index in [9.17, 15) is 8.42 Å². The van der Waals surface area contributed by atoms with E-state index in [0.717, 1.165) is 23.3 Å². The number of nitrogens with zero attached hydrogens (tertiary/aromatic N) is 2. The van der Waals surface area contributed by atoms with Crippen molar-refractivity contribution in [3.8, 4) is 0 Å². The number of anilines is 1. The molecule has 102 valence electrons. The average molecular weight is 280 g/mol. The third-order valence-corrected chi connectivity index (χ3v) is 5.49. The molecule has 19 heavy (non-hydrogen) atoms. The molecule has 0 spiro atoms. The molecule has 0 radical (unpaired) electrons. The molecular weight excluding hydrogens is 264 g/mol. The fourth-order valence-electron chi connectivity index (χ4n) is 2.54. The summed E-state index contributed by atoms with van der Waals surface area (Å²) in [6.45, 7) is 2.01. The summed E-state index contributed by atoms with van der Waals surface area (Å²) in [5.41, 5.74) is 0.781. The fourth-order valence-corrected chi connectivity index (χ4v) is 4.48. The van der Waals surface area contributed by atoms with Gasteiger partial charge in [-0.3, -0.25) is 0 Å². The van der Waals surface area contributed by atoms with Crippen LogP contribution in [0.15, 0.2) is 18.6 Å². The van der Waals surface area contributed by atoms with Gasteiger partial charge in [-0.1, -0.05) is 0 Å². The molecule has 0 aromatic carbocycles. The Kier molecular flexibility index (Phi) is 2.93. The number of rotatable bonds is 3. The number of aromatic amines is 1. The Morgan fingerprint density at radius 3 is 3.05 bits per heavy atom. The Bertz CT molecular complexity index is 695. The minimum Gasteiger partial charge on any atom is -0.367 e. The maximum absolute atomic E-state index is 11.5. The van der Waals surface area contributed by atoms with Crippen LogP contribution in [0.5, 0.6) is 0 Å². The topological polar surface area (TPSA) is 87.7 Å². The lowest BCUT2D eigenvalue weighted by Gasteiger charge is -2.20. The number of sulfone groups is 1. The highest BCUT2D eigenvalue weighted by Gasteiger charge is 2.31. The first-order valence-corrected chi connectivity index (χ1v) is 8.12. The van der Waals surface area contributed by atoms with E-state index in [0.29, 0.717) is 5.75 Å². The van der Waals surface area contributed by atoms with Crippen LogP contribution < -0.4 is 5.32 Å². The first-order valence-electron chi connectivity index (χ1n) is 6.30. The van der Waals surface area contributed by atoms with E-state index in [4.69, 9.17) is 0 Å². The fraction of sp³-hybridized carbons (Fsp3) is 0.500. The average Bonchev–Trinajstić information content (AvgIpc) is 2.95. The van der Waals surface area contributed by atoms with Crippen molar-refractivity contribution < 1.29 is 8.42 Å². The molecule has 2 N–H and O–H groups in total. The van der Waals surface area contributed by atoms with Crippen LogP contribution in [0.4, 0.5) is 5.82 Å². The molecule has 0 unspecified atom stereocenters. The van der Waals surface area contributed by atoms with Crippen molar-refractivity contribution in [2.24, 2.45) is 5.92 Å². The summed E-state index contributed by atoms with van der Waals surface area (Å²) in [6.07, 6.45) is 4.03. The molecule has 1 aliphatic heterocycles. The number of H-pyrrole nitrogens is 1. The number of aromatic nitrogens is 3.